The Labute approximate surface area is 88.1 Å². The fraction of sp³-hybridized carbons (Fsp3) is 0.364. The number of nitrogens with two attached hydrogens (primary N) is 1. The maximum absolute atomic E-state index is 10.9. The van der Waals surface area contributed by atoms with Gasteiger partial charge in [0, 0.05) is 17.8 Å². The lowest BCUT2D eigenvalue weighted by atomic mass is 9.87. The Bertz CT molecular complexity index is 373. The maximum Gasteiger partial charge on any atom is 0.337 e. The zero-order valence-electron chi connectivity index (χ0n) is 8.31. The van der Waals surface area contributed by atoms with Gasteiger partial charge in [0.15, 0.2) is 0 Å². The van der Waals surface area contributed by atoms with Crippen molar-refractivity contribution in [3.05, 3.63) is 29.8 Å². The third kappa shape index (κ3) is 2.10. The molecule has 4 nitrogen and oxygen atoms in total. The normalized spacial score (nSPS) is 24.3. The molecule has 0 atom stereocenters. The van der Waals surface area contributed by atoms with E-state index in [1.807, 2.05) is 6.07 Å². The van der Waals surface area contributed by atoms with Crippen LogP contribution in [0.4, 0.5) is 5.69 Å². The van der Waals surface area contributed by atoms with Crippen LogP contribution in [0, 0.1) is 0 Å². The van der Waals surface area contributed by atoms with E-state index < -0.39 is 5.97 Å². The van der Waals surface area contributed by atoms with Crippen molar-refractivity contribution in [1.29, 1.82) is 0 Å². The SMILES string of the molecule is NC1CC(Nc2ccccc2C(=O)O)C1. The summed E-state index contributed by atoms with van der Waals surface area (Å²) >= 11 is 0. The number of rotatable bonds is 3. The number of carboxylic acids is 1. The smallest absolute Gasteiger partial charge is 0.337 e. The van der Waals surface area contributed by atoms with Gasteiger partial charge in [-0.15, -0.1) is 0 Å². The van der Waals surface area contributed by atoms with Crippen LogP contribution in [0.3, 0.4) is 0 Å². The lowest BCUT2D eigenvalue weighted by molar-refractivity contribution is 0.0698. The fourth-order valence-electron chi connectivity index (χ4n) is 1.80. The van der Waals surface area contributed by atoms with Gasteiger partial charge in [-0.1, -0.05) is 12.1 Å². The van der Waals surface area contributed by atoms with Crippen LogP contribution in [0.25, 0.3) is 0 Å². The lowest BCUT2D eigenvalue weighted by Crippen LogP contribution is -2.44. The molecule has 1 aliphatic rings. The summed E-state index contributed by atoms with van der Waals surface area (Å²) in [7, 11) is 0. The quantitative estimate of drug-likeness (QED) is 0.696. The van der Waals surface area contributed by atoms with Crippen LogP contribution in [0.1, 0.15) is 23.2 Å². The fourth-order valence-corrected chi connectivity index (χ4v) is 1.80. The van der Waals surface area contributed by atoms with Crippen molar-refractivity contribution in [1.82, 2.24) is 0 Å². The molecule has 0 aliphatic heterocycles. The number of carbonyl (C=O) groups is 1. The summed E-state index contributed by atoms with van der Waals surface area (Å²) in [5, 5.41) is 12.2. The number of anilines is 1. The average molecular weight is 206 g/mol. The number of nitrogens with one attached hydrogen (secondary N) is 1. The van der Waals surface area contributed by atoms with Crippen LogP contribution in [0.15, 0.2) is 24.3 Å². The highest BCUT2D eigenvalue weighted by molar-refractivity contribution is 5.94. The molecule has 0 aromatic heterocycles. The maximum atomic E-state index is 10.9. The van der Waals surface area contributed by atoms with Gasteiger partial charge < -0.3 is 16.2 Å². The molecule has 80 valence electrons. The molecule has 4 heteroatoms. The first-order valence-electron chi connectivity index (χ1n) is 5.01. The van der Waals surface area contributed by atoms with E-state index in [0.29, 0.717) is 17.3 Å². The molecular weight excluding hydrogens is 192 g/mol. The van der Waals surface area contributed by atoms with Gasteiger partial charge in [-0.3, -0.25) is 0 Å². The summed E-state index contributed by atoms with van der Waals surface area (Å²) in [6.07, 6.45) is 1.82. The van der Waals surface area contributed by atoms with E-state index in [-0.39, 0.29) is 6.04 Å². The van der Waals surface area contributed by atoms with E-state index in [4.69, 9.17) is 10.8 Å². The zero-order valence-corrected chi connectivity index (χ0v) is 8.31. The largest absolute Gasteiger partial charge is 0.478 e. The summed E-state index contributed by atoms with van der Waals surface area (Å²) in [6.45, 7) is 0. The van der Waals surface area contributed by atoms with Crippen molar-refractivity contribution in [2.75, 3.05) is 5.32 Å². The van der Waals surface area contributed by atoms with Crippen molar-refractivity contribution in [3.8, 4) is 0 Å². The standard InChI is InChI=1S/C11H14N2O2/c12-7-5-8(6-7)13-10-4-2-1-3-9(10)11(14)15/h1-4,7-8,13H,5-6,12H2,(H,14,15). The molecule has 1 fully saturated rings. The molecule has 2 rings (SSSR count). The first kappa shape index (κ1) is 9.98. The summed E-state index contributed by atoms with van der Waals surface area (Å²) in [6, 6.07) is 7.52. The number of hydrogen-bond acceptors (Lipinski definition) is 3. The van der Waals surface area contributed by atoms with Crippen LogP contribution in [0.5, 0.6) is 0 Å². The van der Waals surface area contributed by atoms with Crippen LogP contribution < -0.4 is 11.1 Å². The number of hydrogen-bond donors (Lipinski definition) is 3. The van der Waals surface area contributed by atoms with Gasteiger partial charge in [-0.05, 0) is 25.0 Å². The number of para-hydroxylation sites is 1. The third-order valence-corrected chi connectivity index (χ3v) is 2.69. The first-order chi connectivity index (χ1) is 7.16. The van der Waals surface area contributed by atoms with Gasteiger partial charge in [-0.2, -0.15) is 0 Å². The zero-order chi connectivity index (χ0) is 10.8. The predicted octanol–water partition coefficient (Wildman–Crippen LogP) is 1.29. The highest BCUT2D eigenvalue weighted by Crippen LogP contribution is 2.24. The van der Waals surface area contributed by atoms with E-state index in [1.54, 1.807) is 18.2 Å². The first-order valence-corrected chi connectivity index (χ1v) is 5.01. The second-order valence-corrected chi connectivity index (χ2v) is 3.92. The minimum Gasteiger partial charge on any atom is -0.478 e. The minimum atomic E-state index is -0.901. The van der Waals surface area contributed by atoms with Gasteiger partial charge in [0.25, 0.3) is 0 Å². The number of carboxylic acid groups (broad SMARTS) is 1. The molecule has 1 aromatic carbocycles. The van der Waals surface area contributed by atoms with Crippen molar-refractivity contribution in [2.24, 2.45) is 5.73 Å². The van der Waals surface area contributed by atoms with Crippen LogP contribution in [-0.2, 0) is 0 Å². The Hall–Kier alpha value is -1.55. The van der Waals surface area contributed by atoms with Gasteiger partial charge >= 0.3 is 5.97 Å². The molecule has 1 aromatic rings. The predicted molar refractivity (Wildman–Crippen MR) is 58.0 cm³/mol. The summed E-state index contributed by atoms with van der Waals surface area (Å²) in [4.78, 5) is 10.9. The van der Waals surface area contributed by atoms with Crippen molar-refractivity contribution < 1.29 is 9.90 Å². The molecule has 0 saturated heterocycles. The molecule has 0 unspecified atom stereocenters. The topological polar surface area (TPSA) is 75.3 Å². The number of benzene rings is 1. The van der Waals surface area contributed by atoms with E-state index in [2.05, 4.69) is 5.32 Å². The molecule has 0 heterocycles. The highest BCUT2D eigenvalue weighted by atomic mass is 16.4. The molecule has 0 radical (unpaired) electrons. The van der Waals surface area contributed by atoms with Crippen LogP contribution in [0.2, 0.25) is 0 Å². The Balaban J connectivity index is 2.10. The molecule has 1 aliphatic carbocycles. The van der Waals surface area contributed by atoms with E-state index in [0.717, 1.165) is 12.8 Å². The highest BCUT2D eigenvalue weighted by Gasteiger charge is 2.26. The van der Waals surface area contributed by atoms with Crippen LogP contribution in [-0.4, -0.2) is 23.2 Å². The average Bonchev–Trinajstić information content (AvgIpc) is 2.16. The summed E-state index contributed by atoms with van der Waals surface area (Å²) in [5.41, 5.74) is 6.66. The second kappa shape index (κ2) is 3.90. The Morgan fingerprint density at radius 2 is 2.07 bits per heavy atom. The van der Waals surface area contributed by atoms with Gasteiger partial charge in [0.1, 0.15) is 0 Å². The summed E-state index contributed by atoms with van der Waals surface area (Å²) in [5.74, 6) is -0.901. The monoisotopic (exact) mass is 206 g/mol. The van der Waals surface area contributed by atoms with Gasteiger partial charge in [-0.25, -0.2) is 4.79 Å². The Morgan fingerprint density at radius 1 is 1.40 bits per heavy atom. The molecule has 0 amide bonds. The van der Waals surface area contributed by atoms with E-state index in [1.165, 1.54) is 0 Å². The van der Waals surface area contributed by atoms with E-state index >= 15 is 0 Å². The Kier molecular flexibility index (Phi) is 2.60. The van der Waals surface area contributed by atoms with Crippen molar-refractivity contribution in [3.63, 3.8) is 0 Å². The van der Waals surface area contributed by atoms with Gasteiger partial charge in [0.2, 0.25) is 0 Å². The van der Waals surface area contributed by atoms with Crippen molar-refractivity contribution in [2.45, 2.75) is 24.9 Å². The second-order valence-electron chi connectivity index (χ2n) is 3.92. The molecule has 0 spiro atoms. The van der Waals surface area contributed by atoms with E-state index in [9.17, 15) is 4.79 Å². The molecule has 1 saturated carbocycles. The third-order valence-electron chi connectivity index (χ3n) is 2.69. The van der Waals surface area contributed by atoms with Gasteiger partial charge in [0.05, 0.1) is 5.56 Å². The molecular formula is C11H14N2O2. The Morgan fingerprint density at radius 3 is 2.67 bits per heavy atom. The molecule has 15 heavy (non-hydrogen) atoms. The lowest BCUT2D eigenvalue weighted by Gasteiger charge is -2.34. The molecule has 4 N–H and O–H groups in total. The van der Waals surface area contributed by atoms with Crippen LogP contribution >= 0.6 is 0 Å². The minimum absolute atomic E-state index is 0.263. The van der Waals surface area contributed by atoms with Crippen molar-refractivity contribution >= 4 is 11.7 Å². The molecule has 0 bridgehead atoms. The number of aromatic carboxylic acids is 1. The summed E-state index contributed by atoms with van der Waals surface area (Å²) < 4.78 is 0.